The van der Waals surface area contributed by atoms with Crippen molar-refractivity contribution in [3.8, 4) is 0 Å². The van der Waals surface area contributed by atoms with Crippen molar-refractivity contribution in [2.75, 3.05) is 0 Å². The average Bonchev–Trinajstić information content (AvgIpc) is 2.05. The third-order valence-corrected chi connectivity index (χ3v) is 2.34. The van der Waals surface area contributed by atoms with Gasteiger partial charge in [0.2, 0.25) is 5.56 Å². The molecule has 3 nitrogen and oxygen atoms in total. The van der Waals surface area contributed by atoms with Crippen LogP contribution in [0.3, 0.4) is 0 Å². The van der Waals surface area contributed by atoms with Gasteiger partial charge in [0.25, 0.3) is 0 Å². The van der Waals surface area contributed by atoms with E-state index in [1.165, 1.54) is 5.56 Å². The van der Waals surface area contributed by atoms with Crippen LogP contribution < -0.4 is 11.3 Å². The molecule has 0 saturated heterocycles. The van der Waals surface area contributed by atoms with Gasteiger partial charge in [0, 0.05) is 17.8 Å². The van der Waals surface area contributed by atoms with Crippen LogP contribution in [0.4, 0.5) is 0 Å². The van der Waals surface area contributed by atoms with E-state index < -0.39 is 0 Å². The predicted octanol–water partition coefficient (Wildman–Crippen LogP) is 0.191. The van der Waals surface area contributed by atoms with Gasteiger partial charge in [-0.25, -0.2) is 0 Å². The molecule has 0 spiro atoms. The van der Waals surface area contributed by atoms with Crippen molar-refractivity contribution in [3.05, 3.63) is 33.7 Å². The molecule has 0 fully saturated rings. The van der Waals surface area contributed by atoms with Crippen LogP contribution in [0, 0.1) is 0 Å². The highest BCUT2D eigenvalue weighted by atomic mass is 16.1. The Morgan fingerprint density at radius 2 is 2.33 bits per heavy atom. The first-order chi connectivity index (χ1) is 5.75. The summed E-state index contributed by atoms with van der Waals surface area (Å²) in [5, 5.41) is 0. The summed E-state index contributed by atoms with van der Waals surface area (Å²) in [5.74, 6) is 0. The number of rotatable bonds is 0. The molecule has 0 amide bonds. The Morgan fingerprint density at radius 1 is 1.50 bits per heavy atom. The topological polar surface area (TPSA) is 58.9 Å². The maximum Gasteiger partial charge on any atom is 0.248 e. The van der Waals surface area contributed by atoms with Crippen molar-refractivity contribution in [2.45, 2.75) is 25.3 Å². The molecule has 12 heavy (non-hydrogen) atoms. The molecule has 3 N–H and O–H groups in total. The molecule has 1 aromatic heterocycles. The molecular formula is C9H12N2O. The molecule has 64 valence electrons. The number of fused-ring (bicyclic) bond motifs is 1. The van der Waals surface area contributed by atoms with E-state index >= 15 is 0 Å². The van der Waals surface area contributed by atoms with E-state index in [4.69, 9.17) is 5.73 Å². The summed E-state index contributed by atoms with van der Waals surface area (Å²) in [6.45, 7) is 0. The number of nitrogens with two attached hydrogens (primary N) is 1. The summed E-state index contributed by atoms with van der Waals surface area (Å²) in [6.07, 6.45) is 2.78. The lowest BCUT2D eigenvalue weighted by atomic mass is 9.93. The first-order valence-corrected chi connectivity index (χ1v) is 4.22. The molecule has 2 rings (SSSR count). The van der Waals surface area contributed by atoms with E-state index in [0.29, 0.717) is 0 Å². The number of aromatic amines is 1. The van der Waals surface area contributed by atoms with Gasteiger partial charge in [0.15, 0.2) is 0 Å². The van der Waals surface area contributed by atoms with E-state index in [-0.39, 0.29) is 11.6 Å². The number of hydrogen-bond donors (Lipinski definition) is 2. The van der Waals surface area contributed by atoms with Gasteiger partial charge in [-0.05, 0) is 24.8 Å². The Balaban J connectivity index is 2.43. The maximum atomic E-state index is 10.9. The number of pyridine rings is 1. The SMILES string of the molecule is NC1CCc2[nH]c(=O)ccc2C1. The summed E-state index contributed by atoms with van der Waals surface area (Å²) in [4.78, 5) is 13.8. The quantitative estimate of drug-likeness (QED) is 0.575. The second-order valence-electron chi connectivity index (χ2n) is 3.33. The fourth-order valence-corrected chi connectivity index (χ4v) is 1.68. The zero-order valence-corrected chi connectivity index (χ0v) is 6.84. The lowest BCUT2D eigenvalue weighted by molar-refractivity contribution is 0.565. The molecule has 1 aliphatic rings. The minimum atomic E-state index is -0.00998. The van der Waals surface area contributed by atoms with Gasteiger partial charge in [-0.2, -0.15) is 0 Å². The highest BCUT2D eigenvalue weighted by Crippen LogP contribution is 2.16. The van der Waals surface area contributed by atoms with Crippen LogP contribution in [-0.2, 0) is 12.8 Å². The monoisotopic (exact) mass is 164 g/mol. The van der Waals surface area contributed by atoms with Crippen molar-refractivity contribution in [1.29, 1.82) is 0 Å². The van der Waals surface area contributed by atoms with E-state index in [1.54, 1.807) is 6.07 Å². The van der Waals surface area contributed by atoms with Gasteiger partial charge in [-0.1, -0.05) is 6.07 Å². The molecule has 3 heteroatoms. The van der Waals surface area contributed by atoms with Crippen LogP contribution in [0.1, 0.15) is 17.7 Å². The van der Waals surface area contributed by atoms with Gasteiger partial charge < -0.3 is 10.7 Å². The molecular weight excluding hydrogens is 152 g/mol. The Kier molecular flexibility index (Phi) is 1.73. The Hall–Kier alpha value is -1.09. The van der Waals surface area contributed by atoms with Crippen LogP contribution >= 0.6 is 0 Å². The molecule has 1 unspecified atom stereocenters. The van der Waals surface area contributed by atoms with Crippen molar-refractivity contribution in [2.24, 2.45) is 5.73 Å². The molecule has 1 atom stereocenters. The van der Waals surface area contributed by atoms with Crippen LogP contribution in [0.2, 0.25) is 0 Å². The number of hydrogen-bond acceptors (Lipinski definition) is 2. The summed E-state index contributed by atoms with van der Waals surface area (Å²) in [7, 11) is 0. The highest BCUT2D eigenvalue weighted by Gasteiger charge is 2.15. The largest absolute Gasteiger partial charge is 0.327 e. The lowest BCUT2D eigenvalue weighted by Gasteiger charge is -2.20. The third-order valence-electron chi connectivity index (χ3n) is 2.34. The standard InChI is InChI=1S/C9H12N2O/c10-7-2-3-8-6(5-7)1-4-9(12)11-8/h1,4,7H,2-3,5,10H2,(H,11,12). The lowest BCUT2D eigenvalue weighted by Crippen LogP contribution is -2.29. The van der Waals surface area contributed by atoms with Gasteiger partial charge in [-0.15, -0.1) is 0 Å². The van der Waals surface area contributed by atoms with E-state index in [9.17, 15) is 4.79 Å². The molecule has 0 radical (unpaired) electrons. The minimum absolute atomic E-state index is 0.00998. The molecule has 1 heterocycles. The van der Waals surface area contributed by atoms with Crippen molar-refractivity contribution in [1.82, 2.24) is 4.98 Å². The first-order valence-electron chi connectivity index (χ1n) is 4.22. The fourth-order valence-electron chi connectivity index (χ4n) is 1.68. The van der Waals surface area contributed by atoms with Gasteiger partial charge in [-0.3, -0.25) is 4.79 Å². The van der Waals surface area contributed by atoms with E-state index in [2.05, 4.69) is 4.98 Å². The number of aromatic nitrogens is 1. The third kappa shape index (κ3) is 1.28. The second kappa shape index (κ2) is 2.75. The van der Waals surface area contributed by atoms with Crippen LogP contribution in [-0.4, -0.2) is 11.0 Å². The second-order valence-corrected chi connectivity index (χ2v) is 3.33. The molecule has 1 aromatic rings. The first kappa shape index (κ1) is 7.55. The molecule has 0 bridgehead atoms. The maximum absolute atomic E-state index is 10.9. The molecule has 0 aliphatic heterocycles. The summed E-state index contributed by atoms with van der Waals surface area (Å²) in [6, 6.07) is 3.72. The molecule has 1 aliphatic carbocycles. The predicted molar refractivity (Wildman–Crippen MR) is 47.1 cm³/mol. The Bertz CT molecular complexity index is 343. The van der Waals surface area contributed by atoms with Gasteiger partial charge in [0.1, 0.15) is 0 Å². The van der Waals surface area contributed by atoms with Crippen molar-refractivity contribution in [3.63, 3.8) is 0 Å². The number of H-pyrrole nitrogens is 1. The van der Waals surface area contributed by atoms with Gasteiger partial charge in [0.05, 0.1) is 0 Å². The number of nitrogens with one attached hydrogen (secondary N) is 1. The van der Waals surface area contributed by atoms with Crippen molar-refractivity contribution < 1.29 is 0 Å². The highest BCUT2D eigenvalue weighted by molar-refractivity contribution is 5.23. The van der Waals surface area contributed by atoms with E-state index in [0.717, 1.165) is 25.0 Å². The zero-order valence-electron chi connectivity index (χ0n) is 6.84. The molecule has 0 saturated carbocycles. The number of aryl methyl sites for hydroxylation is 1. The van der Waals surface area contributed by atoms with Crippen LogP contribution in [0.5, 0.6) is 0 Å². The summed E-state index contributed by atoms with van der Waals surface area (Å²) < 4.78 is 0. The van der Waals surface area contributed by atoms with Crippen molar-refractivity contribution >= 4 is 0 Å². The smallest absolute Gasteiger partial charge is 0.248 e. The Labute approximate surface area is 70.6 Å². The van der Waals surface area contributed by atoms with Crippen LogP contribution in [0.15, 0.2) is 16.9 Å². The average molecular weight is 164 g/mol. The zero-order chi connectivity index (χ0) is 8.55. The van der Waals surface area contributed by atoms with E-state index in [1.807, 2.05) is 6.07 Å². The van der Waals surface area contributed by atoms with Crippen LogP contribution in [0.25, 0.3) is 0 Å². The molecule has 0 aromatic carbocycles. The van der Waals surface area contributed by atoms with Gasteiger partial charge >= 0.3 is 0 Å². The summed E-state index contributed by atoms with van der Waals surface area (Å²) >= 11 is 0. The normalized spacial score (nSPS) is 21.9. The fraction of sp³-hybridized carbons (Fsp3) is 0.444. The Morgan fingerprint density at radius 3 is 3.17 bits per heavy atom. The minimum Gasteiger partial charge on any atom is -0.327 e. The summed E-state index contributed by atoms with van der Waals surface area (Å²) in [5.41, 5.74) is 8.06.